The number of rotatable bonds is 5. The standard InChI is InChI=1S/C22H23N7O2/c30-21(11-15-12-24-19-4-2-1-3-18(15)19)26-16-5-7-17(8-6-16)29-22(31)10-9-20(27-29)28-14-23-13-25-28/h1-4,9-10,12-14,16-17,24H,5-8,11H2,(H,26,30). The van der Waals surface area contributed by atoms with Gasteiger partial charge in [-0.2, -0.15) is 5.10 Å². The van der Waals surface area contributed by atoms with E-state index in [4.69, 9.17) is 0 Å². The summed E-state index contributed by atoms with van der Waals surface area (Å²) >= 11 is 0. The van der Waals surface area contributed by atoms with Crippen molar-refractivity contribution in [3.8, 4) is 5.82 Å². The second-order valence-electron chi connectivity index (χ2n) is 7.92. The maximum atomic E-state index is 12.6. The Labute approximate surface area is 178 Å². The van der Waals surface area contributed by atoms with Gasteiger partial charge in [-0.1, -0.05) is 18.2 Å². The molecule has 0 atom stereocenters. The predicted molar refractivity (Wildman–Crippen MR) is 115 cm³/mol. The third-order valence-corrected chi connectivity index (χ3v) is 5.90. The highest BCUT2D eigenvalue weighted by Gasteiger charge is 2.25. The normalized spacial score (nSPS) is 18.8. The van der Waals surface area contributed by atoms with E-state index < -0.39 is 0 Å². The number of hydrogen-bond acceptors (Lipinski definition) is 5. The van der Waals surface area contributed by atoms with Crippen LogP contribution in [0.3, 0.4) is 0 Å². The molecule has 0 spiro atoms. The summed E-state index contributed by atoms with van der Waals surface area (Å²) in [4.78, 5) is 32.1. The van der Waals surface area contributed by atoms with E-state index in [1.165, 1.54) is 17.1 Å². The molecule has 9 heteroatoms. The number of fused-ring (bicyclic) bond motifs is 1. The maximum Gasteiger partial charge on any atom is 0.267 e. The second kappa shape index (κ2) is 8.17. The van der Waals surface area contributed by atoms with E-state index in [-0.39, 0.29) is 23.6 Å². The molecule has 1 aliphatic carbocycles. The van der Waals surface area contributed by atoms with Crippen molar-refractivity contribution >= 4 is 16.8 Å². The Balaban J connectivity index is 1.20. The molecule has 1 amide bonds. The summed E-state index contributed by atoms with van der Waals surface area (Å²) < 4.78 is 3.08. The number of carbonyl (C=O) groups is 1. The van der Waals surface area contributed by atoms with Crippen LogP contribution in [-0.2, 0) is 11.2 Å². The summed E-state index contributed by atoms with van der Waals surface area (Å²) in [5, 5.41) is 12.8. The Hall–Kier alpha value is -3.75. The smallest absolute Gasteiger partial charge is 0.267 e. The van der Waals surface area contributed by atoms with Crippen molar-refractivity contribution in [1.82, 2.24) is 34.8 Å². The number of aromatic nitrogens is 6. The van der Waals surface area contributed by atoms with Gasteiger partial charge in [-0.15, -0.1) is 5.10 Å². The number of hydrogen-bond donors (Lipinski definition) is 2. The molecule has 1 saturated carbocycles. The monoisotopic (exact) mass is 417 g/mol. The van der Waals surface area contributed by atoms with Crippen LogP contribution < -0.4 is 10.9 Å². The van der Waals surface area contributed by atoms with Crippen LogP contribution in [0.4, 0.5) is 0 Å². The molecule has 9 nitrogen and oxygen atoms in total. The van der Waals surface area contributed by atoms with Crippen LogP contribution in [0.1, 0.15) is 37.3 Å². The van der Waals surface area contributed by atoms with Gasteiger partial charge >= 0.3 is 0 Å². The Morgan fingerprint density at radius 2 is 1.97 bits per heavy atom. The van der Waals surface area contributed by atoms with Crippen LogP contribution >= 0.6 is 0 Å². The van der Waals surface area contributed by atoms with Crippen LogP contribution in [0.2, 0.25) is 0 Å². The first kappa shape index (κ1) is 19.2. The lowest BCUT2D eigenvalue weighted by Gasteiger charge is -2.29. The molecule has 3 heterocycles. The fraction of sp³-hybridized carbons (Fsp3) is 0.318. The van der Waals surface area contributed by atoms with Gasteiger partial charge in [0.15, 0.2) is 5.82 Å². The van der Waals surface area contributed by atoms with Crippen molar-refractivity contribution in [2.24, 2.45) is 0 Å². The molecule has 0 bridgehead atoms. The molecule has 0 aliphatic heterocycles. The molecule has 3 aromatic heterocycles. The minimum Gasteiger partial charge on any atom is -0.361 e. The third-order valence-electron chi connectivity index (χ3n) is 5.90. The lowest BCUT2D eigenvalue weighted by atomic mass is 9.91. The first-order valence-electron chi connectivity index (χ1n) is 10.5. The number of nitrogens with one attached hydrogen (secondary N) is 2. The molecule has 2 N–H and O–H groups in total. The average molecular weight is 417 g/mol. The van der Waals surface area contributed by atoms with Gasteiger partial charge in [0.1, 0.15) is 12.7 Å². The van der Waals surface area contributed by atoms with Crippen molar-refractivity contribution in [2.45, 2.75) is 44.2 Å². The number of para-hydroxylation sites is 1. The van der Waals surface area contributed by atoms with Crippen molar-refractivity contribution in [2.75, 3.05) is 0 Å². The quantitative estimate of drug-likeness (QED) is 0.517. The average Bonchev–Trinajstić information content (AvgIpc) is 3.46. The summed E-state index contributed by atoms with van der Waals surface area (Å²) in [5.41, 5.74) is 1.91. The van der Waals surface area contributed by atoms with Crippen LogP contribution in [0.25, 0.3) is 16.7 Å². The fourth-order valence-electron chi connectivity index (χ4n) is 4.32. The van der Waals surface area contributed by atoms with Gasteiger partial charge in [0, 0.05) is 29.2 Å². The van der Waals surface area contributed by atoms with Crippen molar-refractivity contribution in [1.29, 1.82) is 0 Å². The SMILES string of the molecule is O=C(Cc1c[nH]c2ccccc12)NC1CCC(n2nc(-n3cncn3)ccc2=O)CC1. The summed E-state index contributed by atoms with van der Waals surface area (Å²) in [5.74, 6) is 0.586. The maximum absolute atomic E-state index is 12.6. The van der Waals surface area contributed by atoms with E-state index in [2.05, 4.69) is 25.5 Å². The lowest BCUT2D eigenvalue weighted by Crippen LogP contribution is -2.40. The molecule has 0 radical (unpaired) electrons. The molecular weight excluding hydrogens is 394 g/mol. The van der Waals surface area contributed by atoms with E-state index >= 15 is 0 Å². The Kier molecular flexibility index (Phi) is 5.07. The lowest BCUT2D eigenvalue weighted by molar-refractivity contribution is -0.121. The summed E-state index contributed by atoms with van der Waals surface area (Å²) in [7, 11) is 0. The minimum atomic E-state index is -0.129. The van der Waals surface area contributed by atoms with Crippen LogP contribution in [0, 0.1) is 0 Å². The van der Waals surface area contributed by atoms with Gasteiger partial charge < -0.3 is 10.3 Å². The number of amides is 1. The zero-order valence-electron chi connectivity index (χ0n) is 16.9. The molecule has 0 unspecified atom stereocenters. The Bertz CT molecular complexity index is 1250. The van der Waals surface area contributed by atoms with E-state index in [0.29, 0.717) is 12.2 Å². The van der Waals surface area contributed by atoms with E-state index in [9.17, 15) is 9.59 Å². The molecule has 0 saturated heterocycles. The van der Waals surface area contributed by atoms with Crippen LogP contribution in [0.5, 0.6) is 0 Å². The highest BCUT2D eigenvalue weighted by atomic mass is 16.1. The van der Waals surface area contributed by atoms with Crippen LogP contribution in [-0.4, -0.2) is 41.5 Å². The zero-order valence-corrected chi connectivity index (χ0v) is 16.9. The molecule has 158 valence electrons. The Morgan fingerprint density at radius 1 is 1.13 bits per heavy atom. The van der Waals surface area contributed by atoms with Crippen molar-refractivity contribution < 1.29 is 4.79 Å². The zero-order chi connectivity index (χ0) is 21.2. The summed E-state index contributed by atoms with van der Waals surface area (Å²) in [6, 6.07) is 11.3. The highest BCUT2D eigenvalue weighted by Crippen LogP contribution is 2.27. The van der Waals surface area contributed by atoms with E-state index in [0.717, 1.165) is 42.1 Å². The highest BCUT2D eigenvalue weighted by molar-refractivity contribution is 5.88. The molecule has 1 aliphatic rings. The number of carbonyl (C=O) groups excluding carboxylic acids is 1. The molecular formula is C22H23N7O2. The summed E-state index contributed by atoms with van der Waals surface area (Å²) in [6.07, 6.45) is 8.43. The van der Waals surface area contributed by atoms with Gasteiger partial charge in [-0.05, 0) is 43.4 Å². The predicted octanol–water partition coefficient (Wildman–Crippen LogP) is 2.15. The molecule has 4 aromatic rings. The van der Waals surface area contributed by atoms with E-state index in [1.54, 1.807) is 17.1 Å². The number of H-pyrrole nitrogens is 1. The first-order valence-corrected chi connectivity index (χ1v) is 10.5. The third kappa shape index (κ3) is 3.98. The van der Waals surface area contributed by atoms with Crippen molar-refractivity contribution in [3.05, 3.63) is 71.2 Å². The second-order valence-corrected chi connectivity index (χ2v) is 7.92. The van der Waals surface area contributed by atoms with Gasteiger partial charge in [0.25, 0.3) is 5.56 Å². The molecule has 5 rings (SSSR count). The molecule has 31 heavy (non-hydrogen) atoms. The van der Waals surface area contributed by atoms with Gasteiger partial charge in [-0.3, -0.25) is 9.59 Å². The van der Waals surface area contributed by atoms with Crippen molar-refractivity contribution in [3.63, 3.8) is 0 Å². The Morgan fingerprint density at radius 3 is 2.77 bits per heavy atom. The van der Waals surface area contributed by atoms with Gasteiger partial charge in [0.05, 0.1) is 12.5 Å². The van der Waals surface area contributed by atoms with E-state index in [1.807, 2.05) is 30.5 Å². The topological polar surface area (TPSA) is 110 Å². The molecule has 1 aromatic carbocycles. The van der Waals surface area contributed by atoms with Crippen LogP contribution in [0.15, 0.2) is 60.0 Å². The molecule has 1 fully saturated rings. The fourth-order valence-corrected chi connectivity index (χ4v) is 4.32. The minimum absolute atomic E-state index is 0.0118. The van der Waals surface area contributed by atoms with Gasteiger partial charge in [0.2, 0.25) is 5.91 Å². The number of aromatic amines is 1. The number of benzene rings is 1. The number of nitrogens with zero attached hydrogens (tertiary/aromatic N) is 5. The largest absolute Gasteiger partial charge is 0.361 e. The summed E-state index contributed by atoms with van der Waals surface area (Å²) in [6.45, 7) is 0. The first-order chi connectivity index (χ1) is 15.2. The van der Waals surface area contributed by atoms with Gasteiger partial charge in [-0.25, -0.2) is 14.3 Å².